The first-order valence-electron chi connectivity index (χ1n) is 42.0. The van der Waals surface area contributed by atoms with E-state index in [9.17, 15) is 49.2 Å². The molecule has 8 heterocycles. The Balaban J connectivity index is 0.974. The highest BCUT2D eigenvalue weighted by Crippen LogP contribution is 2.56. The number of carbonyl (C=O) groups excluding carboxylic acids is 10. The topological polar surface area (TPSA) is 514 Å². The van der Waals surface area contributed by atoms with E-state index in [0.717, 1.165) is 29.8 Å². The van der Waals surface area contributed by atoms with E-state index in [0.29, 0.717) is 25.7 Å². The maximum absolute atomic E-state index is 15.6. The second kappa shape index (κ2) is 37.8. The molecule has 0 unspecified atom stereocenters. The minimum atomic E-state index is -2.66. The van der Waals surface area contributed by atoms with Gasteiger partial charge in [0.1, 0.15) is 84.0 Å². The molecule has 18 N–H and O–H groups in total. The van der Waals surface area contributed by atoms with Crippen LogP contribution in [0, 0.1) is 11.8 Å². The van der Waals surface area contributed by atoms with Crippen LogP contribution in [0.25, 0.3) is 11.1 Å². The molecule has 0 aromatic heterocycles. The van der Waals surface area contributed by atoms with Crippen LogP contribution in [0.2, 0.25) is 46.3 Å². The standard InChI is InChI=1S/C80H126Cl2N18O20Si2/c1-39(2)61(71(109)99-55(25-21-29-87-99)67(105)97-53(23-19-27-85-97)63(101)89-51(37-117-13)73(111)112)93-65(103)57-35-79(115)45-31-43(47(81)33-49(45)91-75(79)95(57)69(107)59(83)41(5)119-121(15,16)77(7,8)9)44-32-46-50(34-48(44)82)92-76-80(46,116)36-58(96(76)70(108)60(84)42(6)120-122(17,18)78(10,11)12)66(104)94-62(40(3)4)72(110)100-56(26-22-30-88-100)68(106)98-54(24-20-28-86-98)64(102)90-52(38-118-14)74(113)114/h31-34,39-42,51-62,75-76,85-88,91-92,115-116H,19-30,35-38,83-84H2,1-18H3,(H,89,101)(H,90,102)(H,93,103)(H,94,104)(H,111,112)(H,113,114)/t41-,42-,51-,52-,53+,54+,55-,56-,57-,58-,59+,60+,61+,62+,75-,76-,79+,80+/m0/s1. The van der Waals surface area contributed by atoms with Crippen LogP contribution in [0.15, 0.2) is 24.3 Å². The molecule has 0 saturated carbocycles. The highest BCUT2D eigenvalue weighted by atomic mass is 35.5. The number of hydrogen-bond acceptors (Lipinski definition) is 26. The number of amides is 10. The van der Waals surface area contributed by atoms with Crippen molar-refractivity contribution in [3.8, 4) is 11.1 Å². The van der Waals surface area contributed by atoms with E-state index in [1.807, 2.05) is 67.7 Å². The van der Waals surface area contributed by atoms with Gasteiger partial charge in [0.25, 0.3) is 23.6 Å². The summed E-state index contributed by atoms with van der Waals surface area (Å²) in [7, 11) is -2.76. The van der Waals surface area contributed by atoms with Gasteiger partial charge >= 0.3 is 11.9 Å². The fourth-order valence-corrected chi connectivity index (χ4v) is 20.3. The van der Waals surface area contributed by atoms with Gasteiger partial charge in [0.2, 0.25) is 35.4 Å². The van der Waals surface area contributed by atoms with Crippen LogP contribution in [-0.2, 0) is 87.1 Å². The summed E-state index contributed by atoms with van der Waals surface area (Å²) in [5.41, 5.74) is 22.6. The molecule has 0 radical (unpaired) electrons. The molecule has 678 valence electrons. The van der Waals surface area contributed by atoms with Crippen molar-refractivity contribution >= 4 is 122 Å². The van der Waals surface area contributed by atoms with E-state index < -0.39 is 221 Å². The average Bonchev–Trinajstić information content (AvgIpc) is 1.55. The average molecular weight is 1790 g/mol. The molecule has 0 spiro atoms. The lowest BCUT2D eigenvalue weighted by Crippen LogP contribution is -2.68. The van der Waals surface area contributed by atoms with Crippen LogP contribution < -0.4 is 65.1 Å². The Kier molecular flexibility index (Phi) is 29.9. The highest BCUT2D eigenvalue weighted by molar-refractivity contribution is 6.74. The third-order valence-corrected chi connectivity index (χ3v) is 35.7. The predicted octanol–water partition coefficient (Wildman–Crippen LogP) is 1.91. The Morgan fingerprint density at radius 3 is 1.08 bits per heavy atom. The second-order valence-corrected chi connectivity index (χ2v) is 47.4. The van der Waals surface area contributed by atoms with Crippen LogP contribution in [0.4, 0.5) is 11.4 Å². The van der Waals surface area contributed by atoms with Crippen molar-refractivity contribution in [1.82, 2.24) is 72.8 Å². The molecular weight excluding hydrogens is 1660 g/mol. The largest absolute Gasteiger partial charge is 0.480 e. The van der Waals surface area contributed by atoms with Gasteiger partial charge in [-0.3, -0.25) is 68.0 Å². The number of aliphatic hydroxyl groups is 2. The molecule has 2 aromatic rings. The van der Waals surface area contributed by atoms with Gasteiger partial charge in [0, 0.05) is 86.9 Å². The first-order valence-corrected chi connectivity index (χ1v) is 48.6. The van der Waals surface area contributed by atoms with Gasteiger partial charge in [0.05, 0.1) is 35.5 Å². The summed E-state index contributed by atoms with van der Waals surface area (Å²) in [5.74, 6) is -11.9. The molecule has 6 saturated heterocycles. The monoisotopic (exact) mass is 1780 g/mol. The number of rotatable bonds is 29. The number of benzene rings is 2. The fourth-order valence-electron chi connectivity index (χ4n) is 16.9. The van der Waals surface area contributed by atoms with E-state index in [2.05, 4.69) is 53.6 Å². The molecule has 10 rings (SSSR count). The summed E-state index contributed by atoms with van der Waals surface area (Å²) in [4.78, 5) is 177. The van der Waals surface area contributed by atoms with Gasteiger partial charge in [0.15, 0.2) is 28.7 Å². The Morgan fingerprint density at radius 2 is 0.787 bits per heavy atom. The lowest BCUT2D eigenvalue weighted by molar-refractivity contribution is -0.161. The number of nitrogens with two attached hydrogens (primary N) is 2. The third-order valence-electron chi connectivity index (χ3n) is 25.9. The van der Waals surface area contributed by atoms with Gasteiger partial charge in [-0.15, -0.1) is 0 Å². The molecule has 42 heteroatoms. The molecule has 10 amide bonds. The molecule has 2 aromatic carbocycles. The highest BCUT2D eigenvalue weighted by Gasteiger charge is 2.64. The Labute approximate surface area is 723 Å². The Morgan fingerprint density at radius 1 is 0.484 bits per heavy atom. The number of ether oxygens (including phenoxy) is 2. The predicted molar refractivity (Wildman–Crippen MR) is 454 cm³/mol. The minimum Gasteiger partial charge on any atom is -0.480 e. The number of nitrogens with zero attached hydrogens (tertiary/aromatic N) is 6. The molecule has 18 atom stereocenters. The first kappa shape index (κ1) is 96.4. The number of carbonyl (C=O) groups is 12. The van der Waals surface area contributed by atoms with Crippen molar-refractivity contribution in [2.75, 3.05) is 64.2 Å². The van der Waals surface area contributed by atoms with E-state index >= 15 is 28.8 Å². The molecule has 8 aliphatic heterocycles. The van der Waals surface area contributed by atoms with Crippen molar-refractivity contribution in [3.05, 3.63) is 45.4 Å². The molecule has 0 aliphatic carbocycles. The van der Waals surface area contributed by atoms with Crippen LogP contribution in [-0.4, -0.2) is 289 Å². The van der Waals surface area contributed by atoms with Gasteiger partial charge in [-0.25, -0.2) is 31.3 Å². The summed E-state index contributed by atoms with van der Waals surface area (Å²) in [6.07, 6.45) is -3.66. The zero-order valence-electron chi connectivity index (χ0n) is 72.9. The summed E-state index contributed by atoms with van der Waals surface area (Å²) in [6.45, 7) is 30.3. The van der Waals surface area contributed by atoms with Crippen molar-refractivity contribution < 1.29 is 96.3 Å². The van der Waals surface area contributed by atoms with Crippen LogP contribution in [0.5, 0.6) is 0 Å². The normalized spacial score (nSPS) is 26.2. The quantitative estimate of drug-likeness (QED) is 0.0517. The fraction of sp³-hybridized carbons (Fsp3) is 0.700. The van der Waals surface area contributed by atoms with Crippen molar-refractivity contribution in [2.45, 2.75) is 292 Å². The van der Waals surface area contributed by atoms with Gasteiger partial charge in [-0.2, -0.15) is 0 Å². The summed E-state index contributed by atoms with van der Waals surface area (Å²) in [5, 5.41) is 68.0. The minimum absolute atomic E-state index is 0.0321. The van der Waals surface area contributed by atoms with E-state index in [1.165, 1.54) is 38.5 Å². The molecular formula is C80H126Cl2N18O20Si2. The Bertz CT molecular complexity index is 4070. The number of aliphatic carboxylic acids is 2. The SMILES string of the molecule is COC[C@H](NC(=O)[C@H]1CCCNN1C(=O)[C@@H]1CCCNN1C(=O)[C@H](NC(=O)[C@@H]1C[C@@]2(O)c3cc(-c4cc5c(cc4Cl)N[C@H]4N(C(=O)[C@H](N)[C@H](C)O[Si](C)(C)C(C)(C)C)[C@H](C(=O)N[C@@H](C(=O)N6NCCC[C@H]6C(=O)N6NCCC[C@@H]6C(=O)N[C@@H](COC)C(=O)O)C(C)C)C[C@@]54O)c(Cl)cc3N[C@H]2N1C(=O)[C@H](N)[C@H](C)O[Si](C)(C)C(C)(C)C)C(C)C)C(=O)O. The van der Waals surface area contributed by atoms with Crippen LogP contribution in [0.1, 0.15) is 158 Å². The molecule has 0 bridgehead atoms. The molecule has 122 heavy (non-hydrogen) atoms. The smallest absolute Gasteiger partial charge is 0.328 e. The van der Waals surface area contributed by atoms with E-state index in [4.69, 9.17) is 53.0 Å². The number of hydrogen-bond donors (Lipinski definition) is 16. The third kappa shape index (κ3) is 19.3. The van der Waals surface area contributed by atoms with Crippen molar-refractivity contribution in [2.24, 2.45) is 23.3 Å². The Hall–Kier alpha value is -7.79. The van der Waals surface area contributed by atoms with Crippen molar-refractivity contribution in [1.29, 1.82) is 0 Å². The maximum Gasteiger partial charge on any atom is 0.328 e. The number of carboxylic acid groups (broad SMARTS) is 2. The summed E-state index contributed by atoms with van der Waals surface area (Å²) < 4.78 is 23.4. The number of nitrogens with one attached hydrogen (secondary N) is 10. The summed E-state index contributed by atoms with van der Waals surface area (Å²) in [6, 6.07) is -10.6. The lowest BCUT2D eigenvalue weighted by Gasteiger charge is -2.43. The number of carboxylic acids is 2. The van der Waals surface area contributed by atoms with Crippen LogP contribution in [0.3, 0.4) is 0 Å². The number of hydrazine groups is 4. The number of likely N-dealkylation sites (tertiary alicyclic amines) is 2. The zero-order chi connectivity index (χ0) is 90.4. The number of anilines is 2. The number of fused-ring (bicyclic) bond motifs is 6. The number of methoxy groups -OCH3 is 2. The van der Waals surface area contributed by atoms with E-state index in [1.54, 1.807) is 41.5 Å². The molecule has 8 aliphatic rings. The zero-order valence-corrected chi connectivity index (χ0v) is 76.4. The number of halogens is 2. The first-order chi connectivity index (χ1) is 56.9. The molecule has 6 fully saturated rings. The van der Waals surface area contributed by atoms with E-state index in [-0.39, 0.29) is 119 Å². The van der Waals surface area contributed by atoms with Gasteiger partial charge in [-0.1, -0.05) is 92.4 Å². The van der Waals surface area contributed by atoms with Gasteiger partial charge < -0.3 is 91.9 Å². The maximum atomic E-state index is 15.6. The lowest BCUT2D eigenvalue weighted by atomic mass is 9.86. The van der Waals surface area contributed by atoms with Crippen molar-refractivity contribution in [3.63, 3.8) is 0 Å². The molecule has 38 nitrogen and oxygen atoms in total. The van der Waals surface area contributed by atoms with Gasteiger partial charge in [-0.05, 0) is 138 Å². The van der Waals surface area contributed by atoms with Crippen LogP contribution >= 0.6 is 23.2 Å². The second-order valence-electron chi connectivity index (χ2n) is 37.1. The summed E-state index contributed by atoms with van der Waals surface area (Å²) >= 11 is 14.7.